The molecular formula is C15H29BiO4. The summed E-state index contributed by atoms with van der Waals surface area (Å²) in [5.41, 5.74) is -0.798. The molecule has 0 amide bonds. The van der Waals surface area contributed by atoms with Gasteiger partial charge in [0, 0.05) is 22.8 Å². The number of carbonyl (C=O) groups is 2. The van der Waals surface area contributed by atoms with E-state index < -0.39 is 22.8 Å². The Balaban J connectivity index is -0.000000218. The molecule has 2 radical (unpaired) electrons. The molecule has 0 fully saturated rings. The van der Waals surface area contributed by atoms with Crippen LogP contribution in [-0.4, -0.2) is 36.7 Å². The van der Waals surface area contributed by atoms with Crippen LogP contribution in [-0.2, 0) is 9.59 Å². The quantitative estimate of drug-likeness (QED) is 0.486. The van der Waals surface area contributed by atoms with Crippen molar-refractivity contribution >= 4 is 36.7 Å². The van der Waals surface area contributed by atoms with Crippen molar-refractivity contribution in [3.05, 3.63) is 0 Å². The summed E-state index contributed by atoms with van der Waals surface area (Å²) in [6, 6.07) is 0. The van der Waals surface area contributed by atoms with E-state index >= 15 is 0 Å². The van der Waals surface area contributed by atoms with E-state index in [1.807, 2.05) is 0 Å². The zero-order valence-corrected chi connectivity index (χ0v) is 17.8. The number of hydrogen-bond acceptors (Lipinski definition) is 4. The number of carbonyl (C=O) groups excluding carboxylic acids is 2. The van der Waals surface area contributed by atoms with Gasteiger partial charge in [-0.3, -0.25) is 0 Å². The van der Waals surface area contributed by atoms with Gasteiger partial charge in [-0.1, -0.05) is 41.5 Å². The van der Waals surface area contributed by atoms with Crippen molar-refractivity contribution in [3.8, 4) is 0 Å². The molecule has 0 atom stereocenters. The van der Waals surface area contributed by atoms with E-state index in [4.69, 9.17) is 0 Å². The van der Waals surface area contributed by atoms with Crippen LogP contribution in [0.5, 0.6) is 0 Å². The van der Waals surface area contributed by atoms with Crippen molar-refractivity contribution in [3.63, 3.8) is 0 Å². The van der Waals surface area contributed by atoms with E-state index in [-0.39, 0.29) is 0 Å². The molecule has 0 spiro atoms. The number of carboxylic acids is 2. The van der Waals surface area contributed by atoms with E-state index in [1.54, 1.807) is 41.5 Å². The molecule has 0 aliphatic carbocycles. The van der Waals surface area contributed by atoms with Crippen LogP contribution in [0.2, 0.25) is 4.13 Å². The monoisotopic (exact) mass is 482 g/mol. The Morgan fingerprint density at radius 3 is 0.850 bits per heavy atom. The first-order valence-corrected chi connectivity index (χ1v) is 8.94. The number of rotatable bonds is 0. The molecule has 0 saturated carbocycles. The minimum absolute atomic E-state index is 0.591. The van der Waals surface area contributed by atoms with Crippen molar-refractivity contribution in [2.45, 2.75) is 66.4 Å². The molecule has 0 rings (SSSR count). The molecule has 0 aliphatic heterocycles. The summed E-state index contributed by atoms with van der Waals surface area (Å²) >= 11 is 1.52. The molecule has 0 bridgehead atoms. The Hall–Kier alpha value is -0.177. The van der Waals surface area contributed by atoms with Crippen molar-refractivity contribution in [2.24, 2.45) is 16.2 Å². The van der Waals surface area contributed by atoms with E-state index in [1.165, 1.54) is 28.8 Å². The van der Waals surface area contributed by atoms with Crippen molar-refractivity contribution in [1.29, 1.82) is 0 Å². The summed E-state index contributed by atoms with van der Waals surface area (Å²) in [5, 5.41) is 19.8. The van der Waals surface area contributed by atoms with Crippen LogP contribution >= 0.6 is 0 Å². The molecule has 0 N–H and O–H groups in total. The maximum atomic E-state index is 9.91. The van der Waals surface area contributed by atoms with Gasteiger partial charge in [0.25, 0.3) is 0 Å². The van der Waals surface area contributed by atoms with Crippen LogP contribution < -0.4 is 10.2 Å². The topological polar surface area (TPSA) is 80.3 Å². The summed E-state index contributed by atoms with van der Waals surface area (Å²) < 4.78 is 1.38. The summed E-state index contributed by atoms with van der Waals surface area (Å²) in [6.45, 7) is 16.4. The molecule has 20 heavy (non-hydrogen) atoms. The maximum absolute atomic E-state index is 9.91. The predicted molar refractivity (Wildman–Crippen MR) is 78.9 cm³/mol. The second kappa shape index (κ2) is 9.70. The van der Waals surface area contributed by atoms with Crippen LogP contribution in [0, 0.1) is 16.2 Å². The van der Waals surface area contributed by atoms with Gasteiger partial charge in [0.15, 0.2) is 0 Å². The average molecular weight is 482 g/mol. The molecule has 0 aromatic heterocycles. The Morgan fingerprint density at radius 2 is 0.850 bits per heavy atom. The molecular weight excluding hydrogens is 453 g/mol. The third-order valence-electron chi connectivity index (χ3n) is 1.70. The fraction of sp³-hybridized carbons (Fsp3) is 0.867. The molecule has 4 nitrogen and oxygen atoms in total. The first kappa shape index (κ1) is 24.8. The molecule has 0 heterocycles. The van der Waals surface area contributed by atoms with Crippen LogP contribution in [0.25, 0.3) is 0 Å². The predicted octanol–water partition coefficient (Wildman–Crippen LogP) is 1.18. The Kier molecular flexibility index (Phi) is 12.0. The van der Waals surface area contributed by atoms with Crippen molar-refractivity contribution in [2.75, 3.05) is 0 Å². The standard InChI is InChI=1S/2C5H10O2.C5H11.Bi/c2*1-5(2,3)4(6)7;1-5(2,3)4;/h2*1-3H3,(H,6,7);1H2,2-4H3;/q;;;+2/p-2. The molecule has 0 saturated heterocycles. The number of aliphatic carboxylic acids is 2. The second-order valence-electron chi connectivity index (χ2n) is 7.79. The fourth-order valence-corrected chi connectivity index (χ4v) is 0. The van der Waals surface area contributed by atoms with Gasteiger partial charge in [-0.15, -0.1) is 0 Å². The van der Waals surface area contributed by atoms with Gasteiger partial charge >= 0.3 is 55.0 Å². The number of carboxylic acid groups (broad SMARTS) is 2. The Bertz CT molecular complexity index is 266. The van der Waals surface area contributed by atoms with Crippen LogP contribution in [0.3, 0.4) is 0 Å². The Morgan fingerprint density at radius 1 is 0.750 bits per heavy atom. The van der Waals surface area contributed by atoms with E-state index in [2.05, 4.69) is 20.8 Å². The number of hydrogen-bond donors (Lipinski definition) is 0. The minimum atomic E-state index is -1.01. The van der Waals surface area contributed by atoms with Gasteiger partial charge in [0.1, 0.15) is 0 Å². The van der Waals surface area contributed by atoms with Gasteiger partial charge < -0.3 is 19.8 Å². The zero-order valence-electron chi connectivity index (χ0n) is 14.3. The van der Waals surface area contributed by atoms with Crippen LogP contribution in [0.1, 0.15) is 62.3 Å². The third-order valence-corrected chi connectivity index (χ3v) is 5.39. The summed E-state index contributed by atoms with van der Waals surface area (Å²) in [5.74, 6) is -2.01. The molecule has 0 aromatic rings. The van der Waals surface area contributed by atoms with Crippen LogP contribution in [0.4, 0.5) is 0 Å². The normalized spacial score (nSPS) is 11.4. The van der Waals surface area contributed by atoms with Gasteiger partial charge in [0.2, 0.25) is 0 Å². The van der Waals surface area contributed by atoms with Crippen LogP contribution in [0.15, 0.2) is 0 Å². The van der Waals surface area contributed by atoms with E-state index in [9.17, 15) is 19.8 Å². The third kappa shape index (κ3) is 23.0. The first-order valence-electron chi connectivity index (χ1n) is 6.49. The molecule has 0 aromatic carbocycles. The second-order valence-corrected chi connectivity index (χ2v) is 9.02. The summed E-state index contributed by atoms with van der Waals surface area (Å²) in [6.07, 6.45) is 0. The Labute approximate surface area is 139 Å². The van der Waals surface area contributed by atoms with Gasteiger partial charge in [-0.25, -0.2) is 0 Å². The SMILES string of the molecule is CC(C)(C)C(=O)[O-].CC(C)(C)C(=O)[O-].CC(C)(C)[CH2][Bi+2]. The molecule has 118 valence electrons. The fourth-order valence-electron chi connectivity index (χ4n) is 0. The summed E-state index contributed by atoms with van der Waals surface area (Å²) in [4.78, 5) is 19.8. The molecule has 0 aliphatic rings. The average Bonchev–Trinajstić information content (AvgIpc) is 2.15. The van der Waals surface area contributed by atoms with Gasteiger partial charge in [-0.2, -0.15) is 0 Å². The molecule has 0 unspecified atom stereocenters. The van der Waals surface area contributed by atoms with Crippen molar-refractivity contribution < 1.29 is 19.8 Å². The van der Waals surface area contributed by atoms with E-state index in [0.717, 1.165) is 0 Å². The van der Waals surface area contributed by atoms with Crippen molar-refractivity contribution in [1.82, 2.24) is 0 Å². The summed E-state index contributed by atoms with van der Waals surface area (Å²) in [7, 11) is 0. The van der Waals surface area contributed by atoms with E-state index in [0.29, 0.717) is 5.41 Å². The van der Waals surface area contributed by atoms with Gasteiger partial charge in [0.05, 0.1) is 0 Å². The zero-order chi connectivity index (χ0) is 17.4. The first-order chi connectivity index (χ1) is 8.45. The molecule has 5 heteroatoms. The van der Waals surface area contributed by atoms with Gasteiger partial charge in [-0.05, 0) is 0 Å².